The average molecular weight is 370 g/mol. The normalized spacial score (nSPS) is 11.4. The highest BCUT2D eigenvalue weighted by Gasteiger charge is 2.15. The van der Waals surface area contributed by atoms with Gasteiger partial charge in [0.1, 0.15) is 11.5 Å². The third-order valence-corrected chi connectivity index (χ3v) is 4.18. The minimum Gasteiger partial charge on any atom is -0.497 e. The van der Waals surface area contributed by atoms with Gasteiger partial charge in [0, 0.05) is 24.1 Å². The van der Waals surface area contributed by atoms with Gasteiger partial charge in [0.15, 0.2) is 0 Å². The molecule has 6 heteroatoms. The highest BCUT2D eigenvalue weighted by atomic mass is 16.5. The van der Waals surface area contributed by atoms with Crippen molar-refractivity contribution in [3.8, 4) is 11.5 Å². The molecule has 27 heavy (non-hydrogen) atoms. The van der Waals surface area contributed by atoms with Crippen molar-refractivity contribution in [1.82, 2.24) is 10.6 Å². The van der Waals surface area contributed by atoms with E-state index < -0.39 is 0 Å². The quantitative estimate of drug-likeness (QED) is 0.665. The van der Waals surface area contributed by atoms with Crippen LogP contribution in [-0.4, -0.2) is 32.6 Å². The third-order valence-electron chi connectivity index (χ3n) is 4.18. The first-order valence-electron chi connectivity index (χ1n) is 8.89. The second-order valence-electron chi connectivity index (χ2n) is 6.12. The number of ether oxygens (including phenoxy) is 2. The van der Waals surface area contributed by atoms with Crippen molar-refractivity contribution < 1.29 is 19.1 Å². The topological polar surface area (TPSA) is 76.7 Å². The maximum atomic E-state index is 12.2. The van der Waals surface area contributed by atoms with Crippen LogP contribution in [0.1, 0.15) is 41.7 Å². The first kappa shape index (κ1) is 20.3. The standard InChI is InChI=1S/C21H26N2O4/c1-15(18-14-17(26-2)11-12-19(18)27-3)23-20(24)10-7-13-22-21(25)16-8-5-4-6-9-16/h4-6,8-9,11-12,14-15H,7,10,13H2,1-3H3,(H,22,25)(H,23,24). The van der Waals surface area contributed by atoms with E-state index in [4.69, 9.17) is 9.47 Å². The average Bonchev–Trinajstić information content (AvgIpc) is 2.71. The minimum atomic E-state index is -0.221. The lowest BCUT2D eigenvalue weighted by atomic mass is 10.1. The second-order valence-corrected chi connectivity index (χ2v) is 6.12. The number of hydrogen-bond donors (Lipinski definition) is 2. The van der Waals surface area contributed by atoms with E-state index in [1.807, 2.05) is 43.3 Å². The Labute approximate surface area is 159 Å². The van der Waals surface area contributed by atoms with Gasteiger partial charge in [0.2, 0.25) is 5.91 Å². The summed E-state index contributed by atoms with van der Waals surface area (Å²) in [4.78, 5) is 24.1. The number of carbonyl (C=O) groups is 2. The fourth-order valence-electron chi connectivity index (χ4n) is 2.71. The monoisotopic (exact) mass is 370 g/mol. The smallest absolute Gasteiger partial charge is 0.251 e. The van der Waals surface area contributed by atoms with Crippen LogP contribution in [0.4, 0.5) is 0 Å². The van der Waals surface area contributed by atoms with Gasteiger partial charge in [-0.25, -0.2) is 0 Å². The van der Waals surface area contributed by atoms with Gasteiger partial charge in [-0.1, -0.05) is 18.2 Å². The molecule has 0 aliphatic rings. The van der Waals surface area contributed by atoms with E-state index in [-0.39, 0.29) is 17.9 Å². The fraction of sp³-hybridized carbons (Fsp3) is 0.333. The molecule has 2 aromatic carbocycles. The summed E-state index contributed by atoms with van der Waals surface area (Å²) in [6, 6.07) is 14.3. The minimum absolute atomic E-state index is 0.0821. The van der Waals surface area contributed by atoms with E-state index >= 15 is 0 Å². The highest BCUT2D eigenvalue weighted by molar-refractivity contribution is 5.94. The number of hydrogen-bond acceptors (Lipinski definition) is 4. The Hall–Kier alpha value is -3.02. The summed E-state index contributed by atoms with van der Waals surface area (Å²) in [5.74, 6) is 1.18. The molecule has 0 saturated carbocycles. The molecule has 6 nitrogen and oxygen atoms in total. The molecular weight excluding hydrogens is 344 g/mol. The first-order valence-corrected chi connectivity index (χ1v) is 8.89. The maximum absolute atomic E-state index is 12.2. The molecule has 0 aromatic heterocycles. The van der Waals surface area contributed by atoms with Gasteiger partial charge in [0.05, 0.1) is 20.3 Å². The molecule has 2 amide bonds. The SMILES string of the molecule is COc1ccc(OC)c(C(C)NC(=O)CCCNC(=O)c2ccccc2)c1. The molecule has 0 fully saturated rings. The zero-order valence-corrected chi connectivity index (χ0v) is 16.0. The van der Waals surface area contributed by atoms with E-state index in [1.165, 1.54) is 0 Å². The van der Waals surface area contributed by atoms with Gasteiger partial charge in [-0.3, -0.25) is 9.59 Å². The van der Waals surface area contributed by atoms with Crippen LogP contribution in [0.2, 0.25) is 0 Å². The molecule has 1 unspecified atom stereocenters. The summed E-state index contributed by atoms with van der Waals surface area (Å²) in [5.41, 5.74) is 1.46. The van der Waals surface area contributed by atoms with Crippen LogP contribution in [0.3, 0.4) is 0 Å². The van der Waals surface area contributed by atoms with Gasteiger partial charge in [-0.2, -0.15) is 0 Å². The Bertz CT molecular complexity index is 762. The number of amides is 2. The van der Waals surface area contributed by atoms with Gasteiger partial charge < -0.3 is 20.1 Å². The third kappa shape index (κ3) is 6.02. The van der Waals surface area contributed by atoms with Crippen molar-refractivity contribution in [1.29, 1.82) is 0 Å². The Morgan fingerprint density at radius 3 is 2.44 bits per heavy atom. The molecule has 0 aliphatic carbocycles. The molecule has 0 radical (unpaired) electrons. The summed E-state index contributed by atoms with van der Waals surface area (Å²) >= 11 is 0. The van der Waals surface area contributed by atoms with Crippen LogP contribution < -0.4 is 20.1 Å². The zero-order chi connectivity index (χ0) is 19.6. The molecule has 0 spiro atoms. The lowest BCUT2D eigenvalue weighted by molar-refractivity contribution is -0.121. The molecule has 2 N–H and O–H groups in total. The van der Waals surface area contributed by atoms with E-state index in [2.05, 4.69) is 10.6 Å². The molecule has 0 bridgehead atoms. The van der Waals surface area contributed by atoms with Crippen molar-refractivity contribution in [3.05, 3.63) is 59.7 Å². The van der Waals surface area contributed by atoms with Gasteiger partial charge >= 0.3 is 0 Å². The fourth-order valence-corrected chi connectivity index (χ4v) is 2.71. The van der Waals surface area contributed by atoms with Crippen molar-refractivity contribution in [2.45, 2.75) is 25.8 Å². The maximum Gasteiger partial charge on any atom is 0.251 e. The van der Waals surface area contributed by atoms with Crippen LogP contribution in [0.25, 0.3) is 0 Å². The number of benzene rings is 2. The highest BCUT2D eigenvalue weighted by Crippen LogP contribution is 2.29. The van der Waals surface area contributed by atoms with E-state index in [0.29, 0.717) is 36.4 Å². The van der Waals surface area contributed by atoms with Gasteiger partial charge in [-0.15, -0.1) is 0 Å². The molecule has 1 atom stereocenters. The lowest BCUT2D eigenvalue weighted by Crippen LogP contribution is -2.29. The predicted octanol–water partition coefficient (Wildman–Crippen LogP) is 3.09. The van der Waals surface area contributed by atoms with Crippen LogP contribution in [0.5, 0.6) is 11.5 Å². The number of methoxy groups -OCH3 is 2. The van der Waals surface area contributed by atoms with Crippen LogP contribution in [0, 0.1) is 0 Å². The Morgan fingerprint density at radius 2 is 1.78 bits per heavy atom. The molecular formula is C21H26N2O4. The van der Waals surface area contributed by atoms with E-state index in [1.54, 1.807) is 26.4 Å². The van der Waals surface area contributed by atoms with Crippen LogP contribution >= 0.6 is 0 Å². The van der Waals surface area contributed by atoms with Crippen LogP contribution in [-0.2, 0) is 4.79 Å². The zero-order valence-electron chi connectivity index (χ0n) is 16.0. The summed E-state index contributed by atoms with van der Waals surface area (Å²) in [5, 5.41) is 5.77. The van der Waals surface area contributed by atoms with Gasteiger partial charge in [0.25, 0.3) is 5.91 Å². The number of nitrogens with one attached hydrogen (secondary N) is 2. The Kier molecular flexibility index (Phi) is 7.67. The summed E-state index contributed by atoms with van der Waals surface area (Å²) in [7, 11) is 3.19. The van der Waals surface area contributed by atoms with Crippen molar-refractivity contribution in [2.75, 3.05) is 20.8 Å². The van der Waals surface area contributed by atoms with Crippen molar-refractivity contribution in [3.63, 3.8) is 0 Å². The van der Waals surface area contributed by atoms with E-state index in [0.717, 1.165) is 5.56 Å². The molecule has 0 saturated heterocycles. The van der Waals surface area contributed by atoms with Crippen LogP contribution in [0.15, 0.2) is 48.5 Å². The van der Waals surface area contributed by atoms with Crippen molar-refractivity contribution >= 4 is 11.8 Å². The molecule has 2 rings (SSSR count). The molecule has 0 heterocycles. The second kappa shape index (κ2) is 10.2. The molecule has 144 valence electrons. The predicted molar refractivity (Wildman–Crippen MR) is 104 cm³/mol. The number of rotatable bonds is 9. The lowest BCUT2D eigenvalue weighted by Gasteiger charge is -2.18. The summed E-state index contributed by atoms with van der Waals surface area (Å²) in [6.07, 6.45) is 0.887. The summed E-state index contributed by atoms with van der Waals surface area (Å²) in [6.45, 7) is 2.34. The van der Waals surface area contributed by atoms with E-state index in [9.17, 15) is 9.59 Å². The summed E-state index contributed by atoms with van der Waals surface area (Å²) < 4.78 is 10.6. The molecule has 0 aliphatic heterocycles. The van der Waals surface area contributed by atoms with Crippen molar-refractivity contribution in [2.24, 2.45) is 0 Å². The number of carbonyl (C=O) groups excluding carboxylic acids is 2. The largest absolute Gasteiger partial charge is 0.497 e. The molecule has 2 aromatic rings. The Balaban J connectivity index is 1.79. The Morgan fingerprint density at radius 1 is 1.04 bits per heavy atom. The van der Waals surface area contributed by atoms with Gasteiger partial charge in [-0.05, 0) is 43.7 Å². The first-order chi connectivity index (χ1) is 13.0.